The quantitative estimate of drug-likeness (QED) is 0.645. The van der Waals surface area contributed by atoms with E-state index >= 15 is 0 Å². The number of ether oxygens (including phenoxy) is 1. The standard InChI is InChI=1S/C18H17N3O3/c1-24-16-8-3-2-5-12(16)11-20-17(22)18(23)21-15-7-4-6-14-13(15)9-10-19-14/h2-10,19H,11H2,1H3,(H,20,22)(H,21,23). The molecule has 2 amide bonds. The first kappa shape index (κ1) is 15.6. The summed E-state index contributed by atoms with van der Waals surface area (Å²) in [5, 5.41) is 6.08. The number of hydrogen-bond donors (Lipinski definition) is 3. The van der Waals surface area contributed by atoms with Crippen molar-refractivity contribution in [2.24, 2.45) is 0 Å². The number of anilines is 1. The van der Waals surface area contributed by atoms with Crippen molar-refractivity contribution in [1.82, 2.24) is 10.3 Å². The number of carbonyl (C=O) groups excluding carboxylic acids is 2. The van der Waals surface area contributed by atoms with Crippen LogP contribution in [0.5, 0.6) is 5.75 Å². The lowest BCUT2D eigenvalue weighted by atomic mass is 10.2. The van der Waals surface area contributed by atoms with Crippen molar-refractivity contribution < 1.29 is 14.3 Å². The summed E-state index contributed by atoms with van der Waals surface area (Å²) in [6, 6.07) is 14.6. The van der Waals surface area contributed by atoms with Crippen LogP contribution in [0.25, 0.3) is 10.9 Å². The fourth-order valence-electron chi connectivity index (χ4n) is 2.48. The highest BCUT2D eigenvalue weighted by Crippen LogP contribution is 2.22. The number of aromatic nitrogens is 1. The summed E-state index contributed by atoms with van der Waals surface area (Å²) in [7, 11) is 1.56. The maximum atomic E-state index is 12.1. The number of fused-ring (bicyclic) bond motifs is 1. The van der Waals surface area contributed by atoms with E-state index in [4.69, 9.17) is 4.74 Å². The van der Waals surface area contributed by atoms with Gasteiger partial charge in [-0.2, -0.15) is 0 Å². The number of H-pyrrole nitrogens is 1. The van der Waals surface area contributed by atoms with E-state index in [1.165, 1.54) is 0 Å². The molecule has 6 heteroatoms. The molecule has 0 aliphatic heterocycles. The van der Waals surface area contributed by atoms with Crippen molar-refractivity contribution in [2.75, 3.05) is 12.4 Å². The molecule has 1 heterocycles. The summed E-state index contributed by atoms with van der Waals surface area (Å²) in [4.78, 5) is 27.2. The molecule has 0 spiro atoms. The summed E-state index contributed by atoms with van der Waals surface area (Å²) < 4.78 is 5.22. The van der Waals surface area contributed by atoms with Crippen molar-refractivity contribution in [2.45, 2.75) is 6.54 Å². The minimum absolute atomic E-state index is 0.213. The van der Waals surface area contributed by atoms with Gasteiger partial charge >= 0.3 is 11.8 Å². The predicted octanol–water partition coefficient (Wildman–Crippen LogP) is 2.43. The molecule has 3 rings (SSSR count). The third kappa shape index (κ3) is 3.22. The van der Waals surface area contributed by atoms with E-state index in [1.807, 2.05) is 30.3 Å². The van der Waals surface area contributed by atoms with Gasteiger partial charge in [-0.15, -0.1) is 0 Å². The second kappa shape index (κ2) is 6.87. The number of benzene rings is 2. The molecule has 0 fully saturated rings. The van der Waals surface area contributed by atoms with E-state index in [-0.39, 0.29) is 6.54 Å². The van der Waals surface area contributed by atoms with Gasteiger partial charge in [0.2, 0.25) is 0 Å². The van der Waals surface area contributed by atoms with Gasteiger partial charge < -0.3 is 20.4 Å². The van der Waals surface area contributed by atoms with Crippen LogP contribution < -0.4 is 15.4 Å². The largest absolute Gasteiger partial charge is 0.496 e. The van der Waals surface area contributed by atoms with Crippen LogP contribution in [0, 0.1) is 0 Å². The molecule has 0 atom stereocenters. The summed E-state index contributed by atoms with van der Waals surface area (Å²) >= 11 is 0. The molecule has 3 N–H and O–H groups in total. The Hall–Kier alpha value is -3.28. The normalized spacial score (nSPS) is 10.4. The molecular weight excluding hydrogens is 306 g/mol. The Balaban J connectivity index is 1.65. The maximum Gasteiger partial charge on any atom is 0.313 e. The van der Waals surface area contributed by atoms with E-state index < -0.39 is 11.8 Å². The van der Waals surface area contributed by atoms with E-state index in [1.54, 1.807) is 31.5 Å². The van der Waals surface area contributed by atoms with Crippen molar-refractivity contribution in [3.8, 4) is 5.75 Å². The molecule has 122 valence electrons. The van der Waals surface area contributed by atoms with Gasteiger partial charge in [-0.3, -0.25) is 9.59 Å². The first-order valence-corrected chi connectivity index (χ1v) is 7.46. The zero-order valence-corrected chi connectivity index (χ0v) is 13.1. The fraction of sp³-hybridized carbons (Fsp3) is 0.111. The lowest BCUT2D eigenvalue weighted by molar-refractivity contribution is -0.136. The third-order valence-electron chi connectivity index (χ3n) is 3.68. The minimum atomic E-state index is -0.710. The van der Waals surface area contributed by atoms with Crippen molar-refractivity contribution in [3.63, 3.8) is 0 Å². The number of para-hydroxylation sites is 1. The van der Waals surface area contributed by atoms with Gasteiger partial charge in [0.05, 0.1) is 12.8 Å². The molecule has 2 aromatic carbocycles. The monoisotopic (exact) mass is 323 g/mol. The molecule has 0 bridgehead atoms. The number of methoxy groups -OCH3 is 1. The number of amides is 2. The van der Waals surface area contributed by atoms with Crippen LogP contribution in [0.1, 0.15) is 5.56 Å². The lowest BCUT2D eigenvalue weighted by Crippen LogP contribution is -2.35. The average molecular weight is 323 g/mol. The summed E-state index contributed by atoms with van der Waals surface area (Å²) in [6.07, 6.45) is 1.78. The average Bonchev–Trinajstić information content (AvgIpc) is 3.09. The Morgan fingerprint density at radius 1 is 1.04 bits per heavy atom. The lowest BCUT2D eigenvalue weighted by Gasteiger charge is -2.10. The van der Waals surface area contributed by atoms with Crippen LogP contribution in [-0.4, -0.2) is 23.9 Å². The zero-order valence-electron chi connectivity index (χ0n) is 13.1. The Morgan fingerprint density at radius 2 is 1.88 bits per heavy atom. The Morgan fingerprint density at radius 3 is 2.71 bits per heavy atom. The Kier molecular flexibility index (Phi) is 4.47. The Bertz CT molecular complexity index is 886. The zero-order chi connectivity index (χ0) is 16.9. The number of carbonyl (C=O) groups is 2. The van der Waals surface area contributed by atoms with E-state index in [9.17, 15) is 9.59 Å². The fourth-order valence-corrected chi connectivity index (χ4v) is 2.48. The smallest absolute Gasteiger partial charge is 0.313 e. The minimum Gasteiger partial charge on any atom is -0.496 e. The highest BCUT2D eigenvalue weighted by molar-refractivity contribution is 6.40. The van der Waals surface area contributed by atoms with Gasteiger partial charge in [0.25, 0.3) is 0 Å². The molecule has 0 aliphatic rings. The second-order valence-corrected chi connectivity index (χ2v) is 5.19. The van der Waals surface area contributed by atoms with E-state index in [2.05, 4.69) is 15.6 Å². The summed E-state index contributed by atoms with van der Waals surface area (Å²) in [5.41, 5.74) is 2.28. The van der Waals surface area contributed by atoms with Crippen molar-refractivity contribution in [3.05, 3.63) is 60.3 Å². The first-order chi connectivity index (χ1) is 11.7. The van der Waals surface area contributed by atoms with E-state index in [0.717, 1.165) is 16.5 Å². The van der Waals surface area contributed by atoms with E-state index in [0.29, 0.717) is 11.4 Å². The van der Waals surface area contributed by atoms with Crippen LogP contribution >= 0.6 is 0 Å². The third-order valence-corrected chi connectivity index (χ3v) is 3.68. The van der Waals surface area contributed by atoms with Gasteiger partial charge in [-0.25, -0.2) is 0 Å². The van der Waals surface area contributed by atoms with Crippen LogP contribution in [0.2, 0.25) is 0 Å². The van der Waals surface area contributed by atoms with Crippen molar-refractivity contribution >= 4 is 28.4 Å². The predicted molar refractivity (Wildman–Crippen MR) is 91.8 cm³/mol. The molecule has 0 radical (unpaired) electrons. The molecule has 0 saturated heterocycles. The van der Waals surface area contributed by atoms with Crippen molar-refractivity contribution in [1.29, 1.82) is 0 Å². The topological polar surface area (TPSA) is 83.2 Å². The molecule has 0 saturated carbocycles. The van der Waals surface area contributed by atoms with Gasteiger partial charge in [0.1, 0.15) is 5.75 Å². The second-order valence-electron chi connectivity index (χ2n) is 5.19. The molecule has 6 nitrogen and oxygen atoms in total. The maximum absolute atomic E-state index is 12.1. The number of hydrogen-bond acceptors (Lipinski definition) is 3. The Labute approximate surface area is 138 Å². The van der Waals surface area contributed by atoms with Crippen LogP contribution in [0.3, 0.4) is 0 Å². The molecule has 1 aromatic heterocycles. The number of aromatic amines is 1. The van der Waals surface area contributed by atoms with Gasteiger partial charge in [-0.05, 0) is 24.3 Å². The number of nitrogens with one attached hydrogen (secondary N) is 3. The van der Waals surface area contributed by atoms with Gasteiger partial charge in [0.15, 0.2) is 0 Å². The van der Waals surface area contributed by atoms with Crippen LogP contribution in [-0.2, 0) is 16.1 Å². The molecule has 0 unspecified atom stereocenters. The summed E-state index contributed by atoms with van der Waals surface area (Å²) in [5.74, 6) is -0.748. The highest BCUT2D eigenvalue weighted by atomic mass is 16.5. The molecule has 0 aliphatic carbocycles. The van der Waals surface area contributed by atoms with Crippen LogP contribution in [0.15, 0.2) is 54.7 Å². The number of rotatable bonds is 4. The SMILES string of the molecule is COc1ccccc1CNC(=O)C(=O)Nc1cccc2[nH]ccc12. The summed E-state index contributed by atoms with van der Waals surface area (Å²) in [6.45, 7) is 0.213. The molecule has 24 heavy (non-hydrogen) atoms. The van der Waals surface area contributed by atoms with Gasteiger partial charge in [0, 0.05) is 29.2 Å². The highest BCUT2D eigenvalue weighted by Gasteiger charge is 2.15. The molecular formula is C18H17N3O3. The van der Waals surface area contributed by atoms with Crippen LogP contribution in [0.4, 0.5) is 5.69 Å². The first-order valence-electron chi connectivity index (χ1n) is 7.46. The van der Waals surface area contributed by atoms with Gasteiger partial charge in [-0.1, -0.05) is 24.3 Å². The molecule has 3 aromatic rings.